The van der Waals surface area contributed by atoms with Crippen LogP contribution in [0.3, 0.4) is 0 Å². The highest BCUT2D eigenvalue weighted by Gasteiger charge is 2.11. The van der Waals surface area contributed by atoms with Crippen molar-refractivity contribution in [1.29, 1.82) is 5.26 Å². The summed E-state index contributed by atoms with van der Waals surface area (Å²) in [5.74, 6) is -0.717. The van der Waals surface area contributed by atoms with Gasteiger partial charge < -0.3 is 9.84 Å². The molecule has 0 unspecified atom stereocenters. The van der Waals surface area contributed by atoms with Gasteiger partial charge in [0.2, 0.25) is 0 Å². The second-order valence-corrected chi connectivity index (χ2v) is 3.88. The van der Waals surface area contributed by atoms with E-state index >= 15 is 0 Å². The first-order valence-electron chi connectivity index (χ1n) is 5.58. The number of fused-ring (bicyclic) bond motifs is 1. The molecule has 1 N–H and O–H groups in total. The van der Waals surface area contributed by atoms with E-state index in [9.17, 15) is 4.79 Å². The molecule has 0 saturated heterocycles. The predicted octanol–water partition coefficient (Wildman–Crippen LogP) is 2.84. The van der Waals surface area contributed by atoms with Crippen LogP contribution in [0.2, 0.25) is 0 Å². The summed E-state index contributed by atoms with van der Waals surface area (Å²) in [6.07, 6.45) is 1.34. The Hall–Kier alpha value is -2.80. The number of rotatable bonds is 3. The minimum atomic E-state index is -1.25. The summed E-state index contributed by atoms with van der Waals surface area (Å²) in [6, 6.07) is 12.8. The Morgan fingerprint density at radius 3 is 2.68 bits per heavy atom. The van der Waals surface area contributed by atoms with Crippen LogP contribution in [-0.4, -0.2) is 18.2 Å². The third-order valence-electron chi connectivity index (χ3n) is 2.79. The second-order valence-electron chi connectivity index (χ2n) is 3.88. The molecule has 2 aromatic rings. The first-order chi connectivity index (χ1) is 9.17. The quantitative estimate of drug-likeness (QED) is 0.674. The summed E-state index contributed by atoms with van der Waals surface area (Å²) in [5, 5.41) is 19.6. The number of nitriles is 1. The average molecular weight is 253 g/mol. The first kappa shape index (κ1) is 12.7. The topological polar surface area (TPSA) is 70.3 Å². The third-order valence-corrected chi connectivity index (χ3v) is 2.79. The monoisotopic (exact) mass is 253 g/mol. The standard InChI is InChI=1S/C15H11NO3/c1-19-14-7-6-10-4-2-3-5-12(10)13(14)8-11(9-16)15(17)18/h2-8H,1H3,(H,17,18)/b11-8+. The lowest BCUT2D eigenvalue weighted by atomic mass is 10.0. The number of hydrogen-bond acceptors (Lipinski definition) is 3. The largest absolute Gasteiger partial charge is 0.496 e. The first-order valence-corrected chi connectivity index (χ1v) is 5.58. The molecule has 0 aliphatic rings. The molecule has 0 aliphatic heterocycles. The molecule has 0 spiro atoms. The van der Waals surface area contributed by atoms with Crippen molar-refractivity contribution in [3.8, 4) is 11.8 Å². The number of carboxylic acid groups (broad SMARTS) is 1. The molecular formula is C15H11NO3. The second kappa shape index (κ2) is 5.23. The number of hydrogen-bond donors (Lipinski definition) is 1. The van der Waals surface area contributed by atoms with Gasteiger partial charge in [0.1, 0.15) is 17.4 Å². The van der Waals surface area contributed by atoms with Crippen molar-refractivity contribution in [2.75, 3.05) is 7.11 Å². The van der Waals surface area contributed by atoms with Gasteiger partial charge in [-0.25, -0.2) is 4.79 Å². The molecule has 2 rings (SSSR count). The van der Waals surface area contributed by atoms with Gasteiger partial charge in [0.05, 0.1) is 7.11 Å². The molecule has 0 heterocycles. The minimum absolute atomic E-state index is 0.324. The summed E-state index contributed by atoms with van der Waals surface area (Å²) < 4.78 is 5.23. The number of carboxylic acids is 1. The highest BCUT2D eigenvalue weighted by atomic mass is 16.5. The van der Waals surface area contributed by atoms with E-state index in [1.54, 1.807) is 12.1 Å². The van der Waals surface area contributed by atoms with E-state index in [0.717, 1.165) is 10.8 Å². The molecule has 0 radical (unpaired) electrons. The molecule has 94 valence electrons. The Labute approximate surface area is 110 Å². The van der Waals surface area contributed by atoms with Crippen molar-refractivity contribution < 1.29 is 14.6 Å². The summed E-state index contributed by atoms with van der Waals surface area (Å²) in [7, 11) is 1.51. The van der Waals surface area contributed by atoms with Gasteiger partial charge in [-0.15, -0.1) is 0 Å². The molecular weight excluding hydrogens is 242 g/mol. The number of benzene rings is 2. The van der Waals surface area contributed by atoms with Crippen LogP contribution < -0.4 is 4.74 Å². The molecule has 0 fully saturated rings. The molecule has 4 nitrogen and oxygen atoms in total. The Balaban J connectivity index is 2.77. The van der Waals surface area contributed by atoms with E-state index in [2.05, 4.69) is 0 Å². The van der Waals surface area contributed by atoms with Crippen LogP contribution in [0.5, 0.6) is 5.75 Å². The van der Waals surface area contributed by atoms with Gasteiger partial charge in [0.25, 0.3) is 0 Å². The fourth-order valence-electron chi connectivity index (χ4n) is 1.89. The van der Waals surface area contributed by atoms with Gasteiger partial charge in [0.15, 0.2) is 0 Å². The minimum Gasteiger partial charge on any atom is -0.496 e. The maximum absolute atomic E-state index is 10.9. The highest BCUT2D eigenvalue weighted by Crippen LogP contribution is 2.29. The van der Waals surface area contributed by atoms with Gasteiger partial charge in [-0.2, -0.15) is 5.26 Å². The van der Waals surface area contributed by atoms with E-state index in [0.29, 0.717) is 11.3 Å². The molecule has 0 atom stereocenters. The number of nitrogens with zero attached hydrogens (tertiary/aromatic N) is 1. The SMILES string of the molecule is COc1ccc2ccccc2c1/C=C(\C#N)C(=O)O. The lowest BCUT2D eigenvalue weighted by Crippen LogP contribution is -1.98. The molecule has 0 aromatic heterocycles. The van der Waals surface area contributed by atoms with Crippen molar-refractivity contribution in [2.24, 2.45) is 0 Å². The maximum atomic E-state index is 10.9. The summed E-state index contributed by atoms with van der Waals surface area (Å²) in [5.41, 5.74) is 0.272. The number of aliphatic carboxylic acids is 1. The summed E-state index contributed by atoms with van der Waals surface area (Å²) in [4.78, 5) is 10.9. The van der Waals surface area contributed by atoms with Gasteiger partial charge in [0, 0.05) is 5.56 Å². The Morgan fingerprint density at radius 2 is 2.05 bits per heavy atom. The van der Waals surface area contributed by atoms with Crippen LogP contribution in [0.15, 0.2) is 42.0 Å². The van der Waals surface area contributed by atoms with Crippen molar-refractivity contribution >= 4 is 22.8 Å². The van der Waals surface area contributed by atoms with Crippen molar-refractivity contribution in [2.45, 2.75) is 0 Å². The van der Waals surface area contributed by atoms with E-state index in [1.807, 2.05) is 30.3 Å². The third kappa shape index (κ3) is 2.40. The lowest BCUT2D eigenvalue weighted by molar-refractivity contribution is -0.132. The van der Waals surface area contributed by atoms with E-state index in [4.69, 9.17) is 15.1 Å². The summed E-state index contributed by atoms with van der Waals surface area (Å²) >= 11 is 0. The normalized spacial score (nSPS) is 11.1. The van der Waals surface area contributed by atoms with Crippen LogP contribution in [0, 0.1) is 11.3 Å². The van der Waals surface area contributed by atoms with Crippen LogP contribution in [0.25, 0.3) is 16.8 Å². The van der Waals surface area contributed by atoms with Gasteiger partial charge in [-0.3, -0.25) is 0 Å². The number of methoxy groups -OCH3 is 1. The Bertz CT molecular complexity index is 711. The molecule has 2 aromatic carbocycles. The van der Waals surface area contributed by atoms with E-state index in [-0.39, 0.29) is 5.57 Å². The average Bonchev–Trinajstić information content (AvgIpc) is 2.44. The van der Waals surface area contributed by atoms with Gasteiger partial charge >= 0.3 is 5.97 Å². The van der Waals surface area contributed by atoms with Crippen LogP contribution >= 0.6 is 0 Å². The number of carbonyl (C=O) groups is 1. The fourth-order valence-corrected chi connectivity index (χ4v) is 1.89. The maximum Gasteiger partial charge on any atom is 0.346 e. The lowest BCUT2D eigenvalue weighted by Gasteiger charge is -2.08. The predicted molar refractivity (Wildman–Crippen MR) is 71.7 cm³/mol. The van der Waals surface area contributed by atoms with Crippen molar-refractivity contribution in [1.82, 2.24) is 0 Å². The summed E-state index contributed by atoms with van der Waals surface area (Å²) in [6.45, 7) is 0. The van der Waals surface area contributed by atoms with E-state index < -0.39 is 5.97 Å². The molecule has 0 amide bonds. The van der Waals surface area contributed by atoms with Crippen molar-refractivity contribution in [3.05, 3.63) is 47.5 Å². The van der Waals surface area contributed by atoms with Crippen LogP contribution in [0.1, 0.15) is 5.56 Å². The molecule has 0 aliphatic carbocycles. The van der Waals surface area contributed by atoms with Gasteiger partial charge in [-0.05, 0) is 22.9 Å². The highest BCUT2D eigenvalue weighted by molar-refractivity contribution is 6.01. The van der Waals surface area contributed by atoms with Crippen LogP contribution in [0.4, 0.5) is 0 Å². The molecule has 4 heteroatoms. The zero-order valence-corrected chi connectivity index (χ0v) is 10.3. The smallest absolute Gasteiger partial charge is 0.346 e. The zero-order valence-electron chi connectivity index (χ0n) is 10.3. The zero-order chi connectivity index (χ0) is 13.8. The molecule has 0 saturated carbocycles. The Kier molecular flexibility index (Phi) is 3.48. The van der Waals surface area contributed by atoms with Gasteiger partial charge in [-0.1, -0.05) is 30.3 Å². The molecule has 19 heavy (non-hydrogen) atoms. The van der Waals surface area contributed by atoms with Crippen molar-refractivity contribution in [3.63, 3.8) is 0 Å². The Morgan fingerprint density at radius 1 is 1.32 bits per heavy atom. The number of ether oxygens (including phenoxy) is 1. The van der Waals surface area contributed by atoms with Crippen LogP contribution in [-0.2, 0) is 4.79 Å². The van der Waals surface area contributed by atoms with E-state index in [1.165, 1.54) is 13.2 Å². The fraction of sp³-hybridized carbons (Fsp3) is 0.0667. The molecule has 0 bridgehead atoms.